The maximum atomic E-state index is 13.3. The highest BCUT2D eigenvalue weighted by Crippen LogP contribution is 2.29. The molecule has 27 heavy (non-hydrogen) atoms. The van der Waals surface area contributed by atoms with Crippen molar-refractivity contribution in [2.24, 2.45) is 0 Å². The Kier molecular flexibility index (Phi) is 5.97. The second kappa shape index (κ2) is 8.58. The van der Waals surface area contributed by atoms with Crippen molar-refractivity contribution >= 4 is 5.69 Å². The van der Waals surface area contributed by atoms with Crippen LogP contribution in [0.5, 0.6) is 11.5 Å². The van der Waals surface area contributed by atoms with E-state index in [4.69, 9.17) is 9.47 Å². The molecule has 0 saturated heterocycles. The first kappa shape index (κ1) is 18.8. The third-order valence-corrected chi connectivity index (χ3v) is 4.51. The molecule has 3 aromatic carbocycles. The van der Waals surface area contributed by atoms with Crippen molar-refractivity contribution in [3.05, 3.63) is 88.7 Å². The van der Waals surface area contributed by atoms with Gasteiger partial charge in [0.15, 0.2) is 11.5 Å². The monoisotopic (exact) mass is 365 g/mol. The highest BCUT2D eigenvalue weighted by molar-refractivity contribution is 5.49. The molecule has 0 bridgehead atoms. The van der Waals surface area contributed by atoms with Gasteiger partial charge in [0, 0.05) is 12.2 Å². The van der Waals surface area contributed by atoms with E-state index in [9.17, 15) is 4.39 Å². The van der Waals surface area contributed by atoms with Gasteiger partial charge in [-0.2, -0.15) is 0 Å². The Morgan fingerprint density at radius 2 is 1.70 bits per heavy atom. The summed E-state index contributed by atoms with van der Waals surface area (Å²) in [6.07, 6.45) is 0. The molecule has 140 valence electrons. The first-order chi connectivity index (χ1) is 13.0. The zero-order valence-electron chi connectivity index (χ0n) is 15.9. The quantitative estimate of drug-likeness (QED) is 0.587. The Balaban J connectivity index is 1.65. The Labute approximate surface area is 159 Å². The van der Waals surface area contributed by atoms with Crippen molar-refractivity contribution in [3.8, 4) is 11.5 Å². The molecule has 0 aliphatic heterocycles. The van der Waals surface area contributed by atoms with Crippen LogP contribution in [0.4, 0.5) is 10.1 Å². The number of aryl methyl sites for hydroxylation is 2. The molecule has 0 fully saturated rings. The number of benzene rings is 3. The number of hydrogen-bond donors (Lipinski definition) is 1. The van der Waals surface area contributed by atoms with Crippen molar-refractivity contribution < 1.29 is 13.9 Å². The fourth-order valence-corrected chi connectivity index (χ4v) is 2.78. The molecule has 0 radical (unpaired) electrons. The molecule has 0 saturated carbocycles. The fraction of sp³-hybridized carbons (Fsp3) is 0.217. The zero-order chi connectivity index (χ0) is 19.2. The van der Waals surface area contributed by atoms with E-state index in [1.807, 2.05) is 24.3 Å². The third kappa shape index (κ3) is 5.00. The van der Waals surface area contributed by atoms with Crippen LogP contribution in [0.1, 0.15) is 22.3 Å². The van der Waals surface area contributed by atoms with E-state index < -0.39 is 0 Å². The molecule has 0 aliphatic carbocycles. The molecule has 3 aromatic rings. The standard InChI is InChI=1S/C23H24FNO2/c1-16-7-9-21(11-17(16)2)25-14-18-8-10-22(23(13-18)26-3)27-15-19-5-4-6-20(24)12-19/h4-13,25H,14-15H2,1-3H3. The largest absolute Gasteiger partial charge is 0.493 e. The maximum Gasteiger partial charge on any atom is 0.161 e. The molecule has 0 aromatic heterocycles. The highest BCUT2D eigenvalue weighted by Gasteiger charge is 2.07. The van der Waals surface area contributed by atoms with Crippen LogP contribution in [0.2, 0.25) is 0 Å². The summed E-state index contributed by atoms with van der Waals surface area (Å²) in [6, 6.07) is 18.6. The summed E-state index contributed by atoms with van der Waals surface area (Å²) < 4.78 is 24.5. The number of methoxy groups -OCH3 is 1. The van der Waals surface area contributed by atoms with E-state index in [0.717, 1.165) is 16.8 Å². The number of anilines is 1. The minimum absolute atomic E-state index is 0.268. The second-order valence-electron chi connectivity index (χ2n) is 6.56. The van der Waals surface area contributed by atoms with Crippen LogP contribution in [0.3, 0.4) is 0 Å². The van der Waals surface area contributed by atoms with Crippen LogP contribution >= 0.6 is 0 Å². The van der Waals surface area contributed by atoms with Crippen LogP contribution < -0.4 is 14.8 Å². The van der Waals surface area contributed by atoms with Crippen LogP contribution in [-0.2, 0) is 13.2 Å². The summed E-state index contributed by atoms with van der Waals surface area (Å²) in [4.78, 5) is 0. The first-order valence-corrected chi connectivity index (χ1v) is 8.90. The third-order valence-electron chi connectivity index (χ3n) is 4.51. The summed E-state index contributed by atoms with van der Waals surface area (Å²) in [5, 5.41) is 3.43. The lowest BCUT2D eigenvalue weighted by Gasteiger charge is -2.13. The zero-order valence-corrected chi connectivity index (χ0v) is 15.9. The van der Waals surface area contributed by atoms with Gasteiger partial charge in [-0.1, -0.05) is 24.3 Å². The van der Waals surface area contributed by atoms with Crippen LogP contribution in [0, 0.1) is 19.7 Å². The molecular weight excluding hydrogens is 341 g/mol. The van der Waals surface area contributed by atoms with Crippen LogP contribution in [-0.4, -0.2) is 7.11 Å². The van der Waals surface area contributed by atoms with Gasteiger partial charge in [0.25, 0.3) is 0 Å². The van der Waals surface area contributed by atoms with Gasteiger partial charge in [-0.3, -0.25) is 0 Å². The summed E-state index contributed by atoms with van der Waals surface area (Å²) >= 11 is 0. The maximum absolute atomic E-state index is 13.3. The second-order valence-corrected chi connectivity index (χ2v) is 6.56. The minimum Gasteiger partial charge on any atom is -0.493 e. The SMILES string of the molecule is COc1cc(CNc2ccc(C)c(C)c2)ccc1OCc1cccc(F)c1. The first-order valence-electron chi connectivity index (χ1n) is 8.90. The summed E-state index contributed by atoms with van der Waals surface area (Å²) in [5.41, 5.74) is 5.49. The van der Waals surface area contributed by atoms with Crippen LogP contribution in [0.25, 0.3) is 0 Å². The number of hydrogen-bond acceptors (Lipinski definition) is 3. The van der Waals surface area contributed by atoms with Gasteiger partial charge >= 0.3 is 0 Å². The van der Waals surface area contributed by atoms with E-state index in [2.05, 4.69) is 37.4 Å². The Bertz CT molecular complexity index is 924. The molecule has 0 heterocycles. The van der Waals surface area contributed by atoms with E-state index in [1.54, 1.807) is 13.2 Å². The molecule has 1 N–H and O–H groups in total. The predicted molar refractivity (Wildman–Crippen MR) is 107 cm³/mol. The van der Waals surface area contributed by atoms with E-state index in [0.29, 0.717) is 18.0 Å². The van der Waals surface area contributed by atoms with Gasteiger partial charge in [0.1, 0.15) is 12.4 Å². The molecular formula is C23H24FNO2. The number of ether oxygens (including phenoxy) is 2. The average molecular weight is 365 g/mol. The van der Waals surface area contributed by atoms with Crippen molar-refractivity contribution in [3.63, 3.8) is 0 Å². The molecule has 0 unspecified atom stereocenters. The Hall–Kier alpha value is -3.01. The van der Waals surface area contributed by atoms with Gasteiger partial charge in [0.2, 0.25) is 0 Å². The molecule has 0 aliphatic rings. The van der Waals surface area contributed by atoms with Gasteiger partial charge in [-0.25, -0.2) is 4.39 Å². The topological polar surface area (TPSA) is 30.5 Å². The smallest absolute Gasteiger partial charge is 0.161 e. The lowest BCUT2D eigenvalue weighted by Crippen LogP contribution is -2.02. The summed E-state index contributed by atoms with van der Waals surface area (Å²) in [7, 11) is 1.62. The molecule has 3 rings (SSSR count). The normalized spacial score (nSPS) is 10.5. The molecule has 0 atom stereocenters. The van der Waals surface area contributed by atoms with Crippen molar-refractivity contribution in [1.29, 1.82) is 0 Å². The Morgan fingerprint density at radius 1 is 0.852 bits per heavy atom. The van der Waals surface area contributed by atoms with E-state index in [1.165, 1.54) is 23.3 Å². The molecule has 0 spiro atoms. The van der Waals surface area contributed by atoms with Gasteiger partial charge in [-0.15, -0.1) is 0 Å². The summed E-state index contributed by atoms with van der Waals surface area (Å²) in [6.45, 7) is 5.18. The van der Waals surface area contributed by atoms with Crippen molar-refractivity contribution in [1.82, 2.24) is 0 Å². The minimum atomic E-state index is -0.268. The highest BCUT2D eigenvalue weighted by atomic mass is 19.1. The Morgan fingerprint density at radius 3 is 2.44 bits per heavy atom. The molecule has 4 heteroatoms. The van der Waals surface area contributed by atoms with Crippen molar-refractivity contribution in [2.75, 3.05) is 12.4 Å². The van der Waals surface area contributed by atoms with E-state index >= 15 is 0 Å². The number of rotatable bonds is 7. The van der Waals surface area contributed by atoms with Gasteiger partial charge in [-0.05, 0) is 72.5 Å². The predicted octanol–water partition coefficient (Wildman–Crippen LogP) is 5.64. The van der Waals surface area contributed by atoms with Crippen LogP contribution in [0.15, 0.2) is 60.7 Å². The van der Waals surface area contributed by atoms with Crippen molar-refractivity contribution in [2.45, 2.75) is 27.0 Å². The number of halogens is 1. The van der Waals surface area contributed by atoms with Gasteiger partial charge in [0.05, 0.1) is 7.11 Å². The van der Waals surface area contributed by atoms with Gasteiger partial charge < -0.3 is 14.8 Å². The fourth-order valence-electron chi connectivity index (χ4n) is 2.78. The molecule has 3 nitrogen and oxygen atoms in total. The average Bonchev–Trinajstić information content (AvgIpc) is 2.67. The molecule has 0 amide bonds. The summed E-state index contributed by atoms with van der Waals surface area (Å²) in [5.74, 6) is 1.03. The lowest BCUT2D eigenvalue weighted by atomic mass is 10.1. The lowest BCUT2D eigenvalue weighted by molar-refractivity contribution is 0.284. The number of nitrogens with one attached hydrogen (secondary N) is 1. The van der Waals surface area contributed by atoms with E-state index in [-0.39, 0.29) is 12.4 Å².